The summed E-state index contributed by atoms with van der Waals surface area (Å²) >= 11 is 0. The van der Waals surface area contributed by atoms with Gasteiger partial charge in [0, 0.05) is 43.1 Å². The molecule has 3 fully saturated rings. The summed E-state index contributed by atoms with van der Waals surface area (Å²) in [6.45, 7) is 13.7. The van der Waals surface area contributed by atoms with Gasteiger partial charge < -0.3 is 19.9 Å². The number of carbonyl (C=O) groups excluding carboxylic acids is 3. The van der Waals surface area contributed by atoms with E-state index in [-0.39, 0.29) is 41.8 Å². The van der Waals surface area contributed by atoms with Crippen LogP contribution in [0.4, 0.5) is 0 Å². The predicted molar refractivity (Wildman–Crippen MR) is 165 cm³/mol. The number of likely N-dealkylation sites (N-methyl/N-ethyl adjacent to an activating group) is 1. The highest BCUT2D eigenvalue weighted by Gasteiger charge is 2.69. The first-order valence-electron chi connectivity index (χ1n) is 15.7. The molecule has 2 bridgehead atoms. The van der Waals surface area contributed by atoms with Gasteiger partial charge in [0.15, 0.2) is 17.7 Å². The number of nitrogens with one attached hydrogen (secondary N) is 1. The molecule has 232 valence electrons. The number of ketones is 2. The number of hydrogen-bond donors (Lipinski definition) is 2. The second kappa shape index (κ2) is 11.6. The van der Waals surface area contributed by atoms with Crippen LogP contribution >= 0.6 is 0 Å². The normalized spacial score (nSPS) is 36.8. The Balaban J connectivity index is 1.65. The average Bonchev–Trinajstić information content (AvgIpc) is 2.95. The monoisotopic (exact) mass is 589 g/mol. The highest BCUT2D eigenvalue weighted by Crippen LogP contribution is 2.62. The lowest BCUT2D eigenvalue weighted by atomic mass is 9.44. The standard InChI is InChI=1S/C36H47NO6/c1-8-24(17-23-13-11-10-12-14-23)27(39)18-25-19-36(41)32(37-7)30-26-20-42-28(26)15-16-35(30,9-2)33(40)31(43-22(4)38)29(21(25)3)34(36,5)6/h8-14,25-26,28,30-32,37,41H,2,15-20H2,1,3-7H3/b24-8-. The largest absolute Gasteiger partial charge is 0.450 e. The Labute approximate surface area is 255 Å². The van der Waals surface area contributed by atoms with Gasteiger partial charge in [0.05, 0.1) is 23.7 Å². The number of fused-ring (bicyclic) bond motifs is 5. The lowest BCUT2D eigenvalue weighted by molar-refractivity contribution is -0.224. The minimum absolute atomic E-state index is 0.00740. The molecule has 0 aromatic heterocycles. The van der Waals surface area contributed by atoms with E-state index in [9.17, 15) is 19.5 Å². The van der Waals surface area contributed by atoms with Crippen LogP contribution in [0.2, 0.25) is 0 Å². The summed E-state index contributed by atoms with van der Waals surface area (Å²) in [5.41, 5.74) is -0.108. The summed E-state index contributed by atoms with van der Waals surface area (Å²) in [4.78, 5) is 41.3. The Kier molecular flexibility index (Phi) is 8.49. The molecule has 1 aromatic rings. The third kappa shape index (κ3) is 4.88. The highest BCUT2D eigenvalue weighted by atomic mass is 16.5. The molecular formula is C36H47NO6. The molecule has 2 saturated carbocycles. The molecule has 7 nitrogen and oxygen atoms in total. The van der Waals surface area contributed by atoms with E-state index in [4.69, 9.17) is 9.47 Å². The van der Waals surface area contributed by atoms with Crippen LogP contribution in [0.15, 0.2) is 65.8 Å². The van der Waals surface area contributed by atoms with Gasteiger partial charge in [-0.05, 0) is 62.8 Å². The van der Waals surface area contributed by atoms with E-state index in [2.05, 4.69) is 11.9 Å². The maximum Gasteiger partial charge on any atom is 0.303 e. The quantitative estimate of drug-likeness (QED) is 0.252. The van der Waals surface area contributed by atoms with Crippen LogP contribution in [0.5, 0.6) is 0 Å². The first-order valence-corrected chi connectivity index (χ1v) is 15.7. The Morgan fingerprint density at radius 2 is 1.93 bits per heavy atom. The predicted octanol–water partition coefficient (Wildman–Crippen LogP) is 4.93. The summed E-state index contributed by atoms with van der Waals surface area (Å²) in [5, 5.41) is 16.6. The molecule has 0 amide bonds. The van der Waals surface area contributed by atoms with Crippen molar-refractivity contribution in [2.45, 2.75) is 90.6 Å². The first-order chi connectivity index (χ1) is 20.4. The summed E-state index contributed by atoms with van der Waals surface area (Å²) in [7, 11) is 1.84. The number of allylic oxidation sites excluding steroid dienone is 4. The van der Waals surface area contributed by atoms with Crippen LogP contribution in [-0.4, -0.2) is 60.1 Å². The number of rotatable bonds is 8. The van der Waals surface area contributed by atoms with Crippen molar-refractivity contribution in [1.82, 2.24) is 5.32 Å². The highest BCUT2D eigenvalue weighted by molar-refractivity contribution is 5.97. The molecule has 7 heteroatoms. The summed E-state index contributed by atoms with van der Waals surface area (Å²) < 4.78 is 11.9. The van der Waals surface area contributed by atoms with E-state index in [0.29, 0.717) is 43.4 Å². The fraction of sp³-hybridized carbons (Fsp3) is 0.583. The lowest BCUT2D eigenvalue weighted by Crippen LogP contribution is -2.74. The fourth-order valence-corrected chi connectivity index (χ4v) is 8.98. The second-order valence-electron chi connectivity index (χ2n) is 13.6. The van der Waals surface area contributed by atoms with Crippen molar-refractivity contribution in [2.75, 3.05) is 13.7 Å². The van der Waals surface area contributed by atoms with Gasteiger partial charge in [-0.15, -0.1) is 6.58 Å². The third-order valence-electron chi connectivity index (χ3n) is 11.4. The number of Topliss-reactive ketones (excluding diaryl/α,β-unsaturated/α-hetero) is 2. The van der Waals surface area contributed by atoms with E-state index >= 15 is 0 Å². The minimum Gasteiger partial charge on any atom is -0.450 e. The first kappa shape index (κ1) is 31.6. The Morgan fingerprint density at radius 3 is 2.49 bits per heavy atom. The van der Waals surface area contributed by atoms with Crippen molar-refractivity contribution < 1.29 is 29.0 Å². The number of aliphatic hydroxyl groups is 1. The average molecular weight is 590 g/mol. The molecule has 3 aliphatic carbocycles. The number of ether oxygens (including phenoxy) is 2. The molecule has 4 aliphatic rings. The van der Waals surface area contributed by atoms with Crippen molar-refractivity contribution in [2.24, 2.45) is 28.6 Å². The van der Waals surface area contributed by atoms with Gasteiger partial charge in [-0.3, -0.25) is 14.4 Å². The minimum atomic E-state index is -1.37. The van der Waals surface area contributed by atoms with Crippen molar-refractivity contribution in [1.29, 1.82) is 0 Å². The van der Waals surface area contributed by atoms with Crippen molar-refractivity contribution in [3.63, 3.8) is 0 Å². The van der Waals surface area contributed by atoms with Gasteiger partial charge in [-0.1, -0.05) is 61.9 Å². The van der Waals surface area contributed by atoms with Gasteiger partial charge in [0.1, 0.15) is 0 Å². The third-order valence-corrected chi connectivity index (χ3v) is 11.4. The van der Waals surface area contributed by atoms with Crippen LogP contribution in [-0.2, 0) is 30.3 Å². The molecule has 8 unspecified atom stereocenters. The molecule has 8 atom stereocenters. The number of carbonyl (C=O) groups is 3. The molecule has 1 saturated heterocycles. The molecule has 1 aromatic carbocycles. The molecule has 5 rings (SSSR count). The van der Waals surface area contributed by atoms with Crippen LogP contribution in [0.25, 0.3) is 0 Å². The van der Waals surface area contributed by atoms with E-state index in [1.807, 2.05) is 71.2 Å². The van der Waals surface area contributed by atoms with E-state index in [1.54, 1.807) is 6.08 Å². The fourth-order valence-electron chi connectivity index (χ4n) is 8.98. The molecular weight excluding hydrogens is 542 g/mol. The second-order valence-corrected chi connectivity index (χ2v) is 13.6. The topological polar surface area (TPSA) is 102 Å². The van der Waals surface area contributed by atoms with Gasteiger partial charge in [0.25, 0.3) is 0 Å². The van der Waals surface area contributed by atoms with Crippen LogP contribution in [0.1, 0.15) is 65.9 Å². The van der Waals surface area contributed by atoms with E-state index < -0.39 is 34.5 Å². The maximum absolute atomic E-state index is 14.9. The maximum atomic E-state index is 14.9. The lowest BCUT2D eigenvalue weighted by Gasteiger charge is -2.64. The summed E-state index contributed by atoms with van der Waals surface area (Å²) in [5.74, 6) is -1.37. The zero-order valence-corrected chi connectivity index (χ0v) is 26.4. The Bertz CT molecular complexity index is 1360. The Morgan fingerprint density at radius 1 is 1.23 bits per heavy atom. The summed E-state index contributed by atoms with van der Waals surface area (Å²) in [6.07, 6.45) is 4.68. The van der Waals surface area contributed by atoms with Crippen LogP contribution in [0, 0.1) is 28.6 Å². The zero-order chi connectivity index (χ0) is 31.3. The van der Waals surface area contributed by atoms with Crippen molar-refractivity contribution >= 4 is 17.5 Å². The number of hydrogen-bond acceptors (Lipinski definition) is 7. The van der Waals surface area contributed by atoms with Gasteiger partial charge in [0.2, 0.25) is 0 Å². The Hall–Kier alpha value is -2.87. The molecule has 0 radical (unpaired) electrons. The van der Waals surface area contributed by atoms with Crippen molar-refractivity contribution in [3.05, 3.63) is 71.3 Å². The molecule has 1 heterocycles. The zero-order valence-electron chi connectivity index (χ0n) is 26.4. The van der Waals surface area contributed by atoms with Gasteiger partial charge in [-0.25, -0.2) is 0 Å². The van der Waals surface area contributed by atoms with E-state index in [0.717, 1.165) is 11.1 Å². The van der Waals surface area contributed by atoms with Gasteiger partial charge in [-0.2, -0.15) is 0 Å². The summed E-state index contributed by atoms with van der Waals surface area (Å²) in [6, 6.07) is 9.40. The molecule has 1 aliphatic heterocycles. The smallest absolute Gasteiger partial charge is 0.303 e. The van der Waals surface area contributed by atoms with Crippen LogP contribution in [0.3, 0.4) is 0 Å². The number of esters is 1. The van der Waals surface area contributed by atoms with Crippen LogP contribution < -0.4 is 5.32 Å². The SMILES string of the molecule is C=CC12CCC3OCC3C1C(NC)C1(O)CC(CC(=O)/C(=C\C)Cc3ccccc3)C(C)=C(C(OC(C)=O)C2=O)C1(C)C. The van der Waals surface area contributed by atoms with Gasteiger partial charge >= 0.3 is 5.97 Å². The molecule has 2 N–H and O–H groups in total. The molecule has 0 spiro atoms. The van der Waals surface area contributed by atoms with E-state index in [1.165, 1.54) is 6.92 Å². The number of benzene rings is 1. The van der Waals surface area contributed by atoms with Crippen molar-refractivity contribution in [3.8, 4) is 0 Å². The molecule has 43 heavy (non-hydrogen) atoms.